The molecule has 2 aromatic carbocycles. The van der Waals surface area contributed by atoms with E-state index in [1.165, 1.54) is 0 Å². The normalized spacial score (nSPS) is 12.9. The van der Waals surface area contributed by atoms with Crippen molar-refractivity contribution in [1.82, 2.24) is 5.32 Å². The molecule has 27 heavy (non-hydrogen) atoms. The molecular weight excluding hydrogens is 344 g/mol. The number of anilines is 1. The summed E-state index contributed by atoms with van der Waals surface area (Å²) in [4.78, 5) is 24.0. The van der Waals surface area contributed by atoms with Crippen molar-refractivity contribution >= 4 is 17.5 Å². The van der Waals surface area contributed by atoms with Gasteiger partial charge < -0.3 is 20.1 Å². The van der Waals surface area contributed by atoms with Crippen LogP contribution in [0.1, 0.15) is 36.5 Å². The number of nitrogens with one attached hydrogen (secondary N) is 2. The molecule has 142 valence electrons. The summed E-state index contributed by atoms with van der Waals surface area (Å²) in [5.41, 5.74) is 1.21. The van der Waals surface area contributed by atoms with E-state index in [0.717, 1.165) is 25.0 Å². The van der Waals surface area contributed by atoms with Crippen molar-refractivity contribution in [3.63, 3.8) is 0 Å². The van der Waals surface area contributed by atoms with E-state index in [0.29, 0.717) is 29.6 Å². The van der Waals surface area contributed by atoms with E-state index in [1.54, 1.807) is 36.4 Å². The summed E-state index contributed by atoms with van der Waals surface area (Å²) in [6.07, 6.45) is 3.05. The van der Waals surface area contributed by atoms with Crippen molar-refractivity contribution in [2.24, 2.45) is 0 Å². The van der Waals surface area contributed by atoms with Gasteiger partial charge in [-0.2, -0.15) is 0 Å². The fourth-order valence-electron chi connectivity index (χ4n) is 2.40. The van der Waals surface area contributed by atoms with E-state index in [4.69, 9.17) is 9.47 Å². The number of carbonyl (C=O) groups excluding carboxylic acids is 2. The Hall–Kier alpha value is -3.02. The van der Waals surface area contributed by atoms with Gasteiger partial charge >= 0.3 is 0 Å². The van der Waals surface area contributed by atoms with Gasteiger partial charge in [0.1, 0.15) is 11.5 Å². The molecule has 6 nitrogen and oxygen atoms in total. The lowest BCUT2D eigenvalue weighted by Crippen LogP contribution is -2.25. The van der Waals surface area contributed by atoms with E-state index in [2.05, 4.69) is 10.6 Å². The lowest BCUT2D eigenvalue weighted by atomic mass is 10.2. The van der Waals surface area contributed by atoms with Crippen LogP contribution in [0, 0.1) is 0 Å². The number of hydrogen-bond donors (Lipinski definition) is 2. The van der Waals surface area contributed by atoms with Crippen molar-refractivity contribution < 1.29 is 19.1 Å². The third-order valence-corrected chi connectivity index (χ3v) is 4.01. The lowest BCUT2D eigenvalue weighted by molar-refractivity contribution is -0.118. The molecule has 0 atom stereocenters. The third kappa shape index (κ3) is 6.02. The second-order valence-electron chi connectivity index (χ2n) is 6.48. The Morgan fingerprint density at radius 1 is 0.963 bits per heavy atom. The molecule has 1 saturated carbocycles. The van der Waals surface area contributed by atoms with E-state index in [-0.39, 0.29) is 18.4 Å². The fraction of sp³-hybridized carbons (Fsp3) is 0.333. The van der Waals surface area contributed by atoms with Crippen LogP contribution in [0.4, 0.5) is 5.69 Å². The maximum atomic E-state index is 12.0. The molecule has 1 aliphatic carbocycles. The van der Waals surface area contributed by atoms with Crippen LogP contribution in [0.2, 0.25) is 0 Å². The number of amides is 2. The zero-order valence-electron chi connectivity index (χ0n) is 15.4. The molecule has 0 heterocycles. The largest absolute Gasteiger partial charge is 0.494 e. The molecule has 6 heteroatoms. The van der Waals surface area contributed by atoms with Gasteiger partial charge in [-0.15, -0.1) is 0 Å². The first-order valence-corrected chi connectivity index (χ1v) is 9.20. The lowest BCUT2D eigenvalue weighted by Gasteiger charge is -2.09. The summed E-state index contributed by atoms with van der Waals surface area (Å²) in [6, 6.07) is 14.3. The zero-order valence-corrected chi connectivity index (χ0v) is 15.4. The molecule has 1 aliphatic rings. The van der Waals surface area contributed by atoms with Gasteiger partial charge in [0.25, 0.3) is 11.8 Å². The molecule has 2 N–H and O–H groups in total. The highest BCUT2D eigenvalue weighted by Gasteiger charge is 2.23. The maximum absolute atomic E-state index is 12.0. The quantitative estimate of drug-likeness (QED) is 0.711. The number of hydrogen-bond acceptors (Lipinski definition) is 4. The van der Waals surface area contributed by atoms with Crippen LogP contribution in [0.5, 0.6) is 11.5 Å². The van der Waals surface area contributed by atoms with Gasteiger partial charge in [-0.05, 0) is 67.8 Å². The van der Waals surface area contributed by atoms with E-state index >= 15 is 0 Å². The molecule has 0 bridgehead atoms. The summed E-state index contributed by atoms with van der Waals surface area (Å²) in [5.74, 6) is 1.03. The van der Waals surface area contributed by atoms with Gasteiger partial charge in [0, 0.05) is 17.3 Å². The first-order valence-electron chi connectivity index (χ1n) is 9.20. The van der Waals surface area contributed by atoms with Gasteiger partial charge in [0.15, 0.2) is 6.61 Å². The summed E-state index contributed by atoms with van der Waals surface area (Å²) in [6.45, 7) is 2.62. The predicted octanol–water partition coefficient (Wildman–Crippen LogP) is 3.39. The van der Waals surface area contributed by atoms with Crippen molar-refractivity contribution in [2.75, 3.05) is 18.5 Å². The Kier molecular flexibility index (Phi) is 6.30. The highest BCUT2D eigenvalue weighted by Crippen LogP contribution is 2.20. The summed E-state index contributed by atoms with van der Waals surface area (Å²) >= 11 is 0. The zero-order chi connectivity index (χ0) is 19.1. The number of benzene rings is 2. The van der Waals surface area contributed by atoms with Crippen LogP contribution >= 0.6 is 0 Å². The molecular formula is C21H24N2O4. The molecule has 0 unspecified atom stereocenters. The van der Waals surface area contributed by atoms with Crippen LogP contribution in [0.15, 0.2) is 48.5 Å². The molecule has 0 aromatic heterocycles. The van der Waals surface area contributed by atoms with Crippen LogP contribution < -0.4 is 20.1 Å². The minimum atomic E-state index is -0.267. The number of rotatable bonds is 9. The van der Waals surface area contributed by atoms with Crippen LogP contribution in [-0.2, 0) is 4.79 Å². The number of carbonyl (C=O) groups is 2. The van der Waals surface area contributed by atoms with E-state index in [1.807, 2.05) is 19.1 Å². The van der Waals surface area contributed by atoms with Gasteiger partial charge in [0.2, 0.25) is 0 Å². The molecule has 2 amide bonds. The van der Waals surface area contributed by atoms with Crippen LogP contribution in [0.25, 0.3) is 0 Å². The Morgan fingerprint density at radius 3 is 2.19 bits per heavy atom. The van der Waals surface area contributed by atoms with Crippen molar-refractivity contribution in [1.29, 1.82) is 0 Å². The highest BCUT2D eigenvalue weighted by molar-refractivity contribution is 5.96. The molecule has 0 aliphatic heterocycles. The Bertz CT molecular complexity index is 768. The first-order chi connectivity index (χ1) is 13.1. The Balaban J connectivity index is 1.43. The second-order valence-corrected chi connectivity index (χ2v) is 6.48. The average molecular weight is 368 g/mol. The topological polar surface area (TPSA) is 76.7 Å². The van der Waals surface area contributed by atoms with Crippen molar-refractivity contribution in [3.8, 4) is 11.5 Å². The van der Waals surface area contributed by atoms with Crippen molar-refractivity contribution in [3.05, 3.63) is 54.1 Å². The molecule has 0 spiro atoms. The molecule has 1 fully saturated rings. The predicted molar refractivity (Wildman–Crippen MR) is 103 cm³/mol. The van der Waals surface area contributed by atoms with Gasteiger partial charge in [-0.25, -0.2) is 0 Å². The minimum absolute atomic E-state index is 0.0786. The summed E-state index contributed by atoms with van der Waals surface area (Å²) < 4.78 is 11.0. The smallest absolute Gasteiger partial charge is 0.262 e. The van der Waals surface area contributed by atoms with Crippen LogP contribution in [0.3, 0.4) is 0 Å². The van der Waals surface area contributed by atoms with E-state index < -0.39 is 0 Å². The second kappa shape index (κ2) is 9.07. The third-order valence-electron chi connectivity index (χ3n) is 4.01. The summed E-state index contributed by atoms with van der Waals surface area (Å²) in [7, 11) is 0. The molecule has 3 rings (SSSR count). The molecule has 2 aromatic rings. The average Bonchev–Trinajstić information content (AvgIpc) is 3.50. The van der Waals surface area contributed by atoms with E-state index in [9.17, 15) is 9.59 Å². The first kappa shape index (κ1) is 18.8. The Labute approximate surface area is 158 Å². The Morgan fingerprint density at radius 2 is 1.59 bits per heavy atom. The minimum Gasteiger partial charge on any atom is -0.494 e. The maximum Gasteiger partial charge on any atom is 0.262 e. The van der Waals surface area contributed by atoms with Gasteiger partial charge in [-0.3, -0.25) is 9.59 Å². The standard InChI is InChI=1S/C21H24N2O4/c1-2-13-26-18-9-11-19(12-10-18)27-14-20(24)22-16-5-3-15(4-6-16)21(25)23-17-7-8-17/h3-6,9-12,17H,2,7-8,13-14H2,1H3,(H,22,24)(H,23,25). The molecule has 0 radical (unpaired) electrons. The highest BCUT2D eigenvalue weighted by atomic mass is 16.5. The van der Waals surface area contributed by atoms with Gasteiger partial charge in [0.05, 0.1) is 6.61 Å². The van der Waals surface area contributed by atoms with Crippen molar-refractivity contribution in [2.45, 2.75) is 32.2 Å². The monoisotopic (exact) mass is 368 g/mol. The number of ether oxygens (including phenoxy) is 2. The van der Waals surface area contributed by atoms with Gasteiger partial charge in [-0.1, -0.05) is 6.92 Å². The molecule has 0 saturated heterocycles. The summed E-state index contributed by atoms with van der Waals surface area (Å²) in [5, 5.41) is 5.68. The van der Waals surface area contributed by atoms with Crippen LogP contribution in [-0.4, -0.2) is 31.1 Å². The fourth-order valence-corrected chi connectivity index (χ4v) is 2.40. The SMILES string of the molecule is CCCOc1ccc(OCC(=O)Nc2ccc(C(=O)NC3CC3)cc2)cc1.